The molecular formula is C21H27ClN2O3. The maximum absolute atomic E-state index is 12.5. The number of amides is 1. The summed E-state index contributed by atoms with van der Waals surface area (Å²) < 4.78 is 5.49. The summed E-state index contributed by atoms with van der Waals surface area (Å²) in [7, 11) is 0. The van der Waals surface area contributed by atoms with Crippen LogP contribution in [0.15, 0.2) is 39.5 Å². The van der Waals surface area contributed by atoms with Crippen LogP contribution in [0.4, 0.5) is 0 Å². The average Bonchev–Trinajstić information content (AvgIpc) is 2.63. The highest BCUT2D eigenvalue weighted by Gasteiger charge is 2.22. The summed E-state index contributed by atoms with van der Waals surface area (Å²) in [5, 5.41) is 6.15. The summed E-state index contributed by atoms with van der Waals surface area (Å²) in [5.41, 5.74) is 2.66. The lowest BCUT2D eigenvalue weighted by Crippen LogP contribution is -2.32. The molecule has 0 atom stereocenters. The van der Waals surface area contributed by atoms with Gasteiger partial charge < -0.3 is 15.1 Å². The van der Waals surface area contributed by atoms with E-state index >= 15 is 0 Å². The normalized spacial score (nSPS) is 14.4. The second-order valence-corrected chi connectivity index (χ2v) is 6.95. The molecule has 0 bridgehead atoms. The molecule has 0 radical (unpaired) electrons. The molecule has 1 amide bonds. The van der Waals surface area contributed by atoms with Crippen molar-refractivity contribution in [1.82, 2.24) is 10.6 Å². The number of halogens is 1. The predicted molar refractivity (Wildman–Crippen MR) is 109 cm³/mol. The van der Waals surface area contributed by atoms with E-state index in [9.17, 15) is 9.59 Å². The maximum Gasteiger partial charge on any atom is 0.349 e. The number of carbonyl (C=O) groups excluding carboxylic acids is 1. The van der Waals surface area contributed by atoms with Crippen LogP contribution in [-0.2, 0) is 6.42 Å². The first-order valence-corrected chi connectivity index (χ1v) is 9.24. The van der Waals surface area contributed by atoms with Crippen molar-refractivity contribution in [2.24, 2.45) is 0 Å². The van der Waals surface area contributed by atoms with Crippen molar-refractivity contribution in [2.75, 3.05) is 19.6 Å². The fourth-order valence-corrected chi connectivity index (χ4v) is 3.50. The lowest BCUT2D eigenvalue weighted by atomic mass is 9.94. The van der Waals surface area contributed by atoms with Gasteiger partial charge in [0.25, 0.3) is 5.91 Å². The summed E-state index contributed by atoms with van der Waals surface area (Å²) in [6.07, 6.45) is 2.63. The number of piperidine rings is 1. The van der Waals surface area contributed by atoms with Gasteiger partial charge in [-0.2, -0.15) is 0 Å². The smallest absolute Gasteiger partial charge is 0.349 e. The number of benzene rings is 1. The summed E-state index contributed by atoms with van der Waals surface area (Å²) in [4.78, 5) is 24.9. The first kappa shape index (κ1) is 21.2. The van der Waals surface area contributed by atoms with E-state index < -0.39 is 5.63 Å². The average molecular weight is 391 g/mol. The molecule has 27 heavy (non-hydrogen) atoms. The van der Waals surface area contributed by atoms with Crippen molar-refractivity contribution < 1.29 is 9.21 Å². The Labute approximate surface area is 166 Å². The van der Waals surface area contributed by atoms with E-state index in [0.29, 0.717) is 17.9 Å². The molecule has 1 fully saturated rings. The van der Waals surface area contributed by atoms with Crippen LogP contribution in [0.25, 0.3) is 0 Å². The van der Waals surface area contributed by atoms with Crippen LogP contribution < -0.4 is 16.3 Å². The molecule has 0 saturated carbocycles. The topological polar surface area (TPSA) is 71.3 Å². The Bertz CT molecular complexity index is 842. The molecule has 1 saturated heterocycles. The summed E-state index contributed by atoms with van der Waals surface area (Å²) in [5.74, 6) is 0.591. The van der Waals surface area contributed by atoms with Crippen LogP contribution in [0.2, 0.25) is 0 Å². The molecule has 3 rings (SSSR count). The molecule has 1 aliphatic rings. The van der Waals surface area contributed by atoms with E-state index in [-0.39, 0.29) is 29.8 Å². The van der Waals surface area contributed by atoms with E-state index in [2.05, 4.69) is 29.7 Å². The van der Waals surface area contributed by atoms with E-state index in [0.717, 1.165) is 32.4 Å². The third-order valence-corrected chi connectivity index (χ3v) is 5.08. The van der Waals surface area contributed by atoms with E-state index in [4.69, 9.17) is 4.42 Å². The number of carbonyl (C=O) groups is 1. The predicted octanol–water partition coefficient (Wildman–Crippen LogP) is 3.12. The minimum Gasteiger partial charge on any atom is -0.427 e. The number of rotatable bonds is 5. The lowest BCUT2D eigenvalue weighted by molar-refractivity contribution is 0.0948. The van der Waals surface area contributed by atoms with Gasteiger partial charge in [0, 0.05) is 12.5 Å². The van der Waals surface area contributed by atoms with Crippen LogP contribution in [-0.4, -0.2) is 25.5 Å². The minimum absolute atomic E-state index is 0. The number of hydrogen-bond acceptors (Lipinski definition) is 4. The summed E-state index contributed by atoms with van der Waals surface area (Å²) in [6, 6.07) is 9.94. The molecule has 146 valence electrons. The van der Waals surface area contributed by atoms with Gasteiger partial charge in [0.05, 0.1) is 0 Å². The third-order valence-electron chi connectivity index (χ3n) is 5.08. The molecule has 1 aromatic carbocycles. The molecule has 5 nitrogen and oxygen atoms in total. The van der Waals surface area contributed by atoms with Gasteiger partial charge in [0.1, 0.15) is 11.3 Å². The molecule has 1 aromatic heterocycles. The number of nitrogens with one attached hydrogen (secondary N) is 2. The van der Waals surface area contributed by atoms with Gasteiger partial charge in [-0.1, -0.05) is 24.3 Å². The Morgan fingerprint density at radius 1 is 1.19 bits per heavy atom. The first-order valence-electron chi connectivity index (χ1n) is 9.24. The Hall–Kier alpha value is -2.11. The highest BCUT2D eigenvalue weighted by Crippen LogP contribution is 2.25. The molecule has 0 unspecified atom stereocenters. The Balaban J connectivity index is 0.00000261. The van der Waals surface area contributed by atoms with Crippen LogP contribution in [0.3, 0.4) is 0 Å². The summed E-state index contributed by atoms with van der Waals surface area (Å²) >= 11 is 0. The second-order valence-electron chi connectivity index (χ2n) is 6.95. The first-order chi connectivity index (χ1) is 12.6. The van der Waals surface area contributed by atoms with Crippen molar-refractivity contribution in [3.8, 4) is 0 Å². The molecule has 0 aliphatic carbocycles. The van der Waals surface area contributed by atoms with Crippen molar-refractivity contribution in [1.29, 1.82) is 0 Å². The van der Waals surface area contributed by atoms with E-state index in [1.807, 2.05) is 18.2 Å². The zero-order chi connectivity index (χ0) is 18.5. The van der Waals surface area contributed by atoms with Crippen molar-refractivity contribution in [2.45, 2.75) is 39.0 Å². The van der Waals surface area contributed by atoms with Gasteiger partial charge in [0.15, 0.2) is 0 Å². The molecule has 0 spiro atoms. The largest absolute Gasteiger partial charge is 0.427 e. The Morgan fingerprint density at radius 2 is 1.89 bits per heavy atom. The zero-order valence-electron chi connectivity index (χ0n) is 15.8. The number of hydrogen-bond donors (Lipinski definition) is 2. The fraction of sp³-hybridized carbons (Fsp3) is 0.429. The van der Waals surface area contributed by atoms with E-state index in [1.165, 1.54) is 11.1 Å². The number of aryl methyl sites for hydroxylation is 2. The van der Waals surface area contributed by atoms with Crippen molar-refractivity contribution >= 4 is 18.3 Å². The molecule has 2 heterocycles. The highest BCUT2D eigenvalue weighted by molar-refractivity contribution is 5.95. The molecule has 2 aromatic rings. The Kier molecular flexibility index (Phi) is 7.63. The zero-order valence-corrected chi connectivity index (χ0v) is 16.7. The monoisotopic (exact) mass is 390 g/mol. The van der Waals surface area contributed by atoms with Crippen molar-refractivity contribution in [3.63, 3.8) is 0 Å². The van der Waals surface area contributed by atoms with Gasteiger partial charge in [-0.15, -0.1) is 12.4 Å². The van der Waals surface area contributed by atoms with Gasteiger partial charge in [-0.3, -0.25) is 4.79 Å². The second kappa shape index (κ2) is 9.72. The molecule has 6 heteroatoms. The Morgan fingerprint density at radius 3 is 2.56 bits per heavy atom. The van der Waals surface area contributed by atoms with Gasteiger partial charge in [-0.05, 0) is 69.0 Å². The van der Waals surface area contributed by atoms with Gasteiger partial charge in [-0.25, -0.2) is 4.79 Å². The van der Waals surface area contributed by atoms with Gasteiger partial charge in [0.2, 0.25) is 0 Å². The molecule has 1 aliphatic heterocycles. The summed E-state index contributed by atoms with van der Waals surface area (Å²) in [6.45, 7) is 6.19. The molecular weight excluding hydrogens is 364 g/mol. The van der Waals surface area contributed by atoms with Crippen LogP contribution in [0.5, 0.6) is 0 Å². The SMILES string of the molecule is Cc1ccccc1CCNC(=O)c1c(C)cc(C2CCNCC2)oc1=O.Cl. The van der Waals surface area contributed by atoms with Crippen LogP contribution >= 0.6 is 12.4 Å². The molecule has 2 N–H and O–H groups in total. The van der Waals surface area contributed by atoms with E-state index in [1.54, 1.807) is 6.92 Å². The fourth-order valence-electron chi connectivity index (χ4n) is 3.50. The standard InChI is InChI=1S/C21H26N2O3.ClH/c1-14-5-3-4-6-16(14)9-12-23-20(24)19-15(2)13-18(26-21(19)25)17-7-10-22-11-8-17;/h3-6,13,17,22H,7-12H2,1-2H3,(H,23,24);1H. The maximum atomic E-state index is 12.5. The minimum atomic E-state index is -0.535. The highest BCUT2D eigenvalue weighted by atomic mass is 35.5. The van der Waals surface area contributed by atoms with Gasteiger partial charge >= 0.3 is 5.63 Å². The van der Waals surface area contributed by atoms with Crippen molar-refractivity contribution in [3.05, 3.63) is 68.8 Å². The lowest BCUT2D eigenvalue weighted by Gasteiger charge is -2.21. The van der Waals surface area contributed by atoms with Crippen LogP contribution in [0.1, 0.15) is 51.6 Å². The quantitative estimate of drug-likeness (QED) is 0.822. The van der Waals surface area contributed by atoms with Crippen LogP contribution in [0, 0.1) is 13.8 Å². The third kappa shape index (κ3) is 5.21.